The number of hydrogen-bond acceptors (Lipinski definition) is 3. The van der Waals surface area contributed by atoms with Crippen molar-refractivity contribution in [3.8, 4) is 0 Å². The monoisotopic (exact) mass is 284 g/mol. The molecule has 110 valence electrons. The van der Waals surface area contributed by atoms with Crippen molar-refractivity contribution < 1.29 is 9.59 Å². The van der Waals surface area contributed by atoms with Crippen molar-refractivity contribution in [2.75, 3.05) is 0 Å². The molecule has 1 aromatic heterocycles. The molecule has 1 aromatic carbocycles. The van der Waals surface area contributed by atoms with Crippen molar-refractivity contribution in [2.45, 2.75) is 26.7 Å². The van der Waals surface area contributed by atoms with Gasteiger partial charge in [-0.1, -0.05) is 32.0 Å². The molecule has 0 aliphatic heterocycles. The van der Waals surface area contributed by atoms with Gasteiger partial charge >= 0.3 is 0 Å². The molecule has 1 aliphatic rings. The van der Waals surface area contributed by atoms with E-state index in [9.17, 15) is 9.59 Å². The summed E-state index contributed by atoms with van der Waals surface area (Å²) in [7, 11) is 1.83. The zero-order chi connectivity index (χ0) is 15.1. The number of carbonyl (C=O) groups excluding carboxylic acids is 2. The van der Waals surface area contributed by atoms with Crippen LogP contribution in [0.2, 0.25) is 0 Å². The van der Waals surface area contributed by atoms with Gasteiger partial charge in [-0.3, -0.25) is 14.3 Å². The Morgan fingerprint density at radius 1 is 1.29 bits per heavy atom. The van der Waals surface area contributed by atoms with Crippen molar-refractivity contribution in [1.29, 1.82) is 0 Å². The first-order valence-electron chi connectivity index (χ1n) is 7.47. The predicted octanol–water partition coefficient (Wildman–Crippen LogP) is 3.01. The summed E-state index contributed by atoms with van der Waals surface area (Å²) in [4.78, 5) is 25.2. The number of fused-ring (bicyclic) bond motifs is 1. The second-order valence-electron chi connectivity index (χ2n) is 6.32. The van der Waals surface area contributed by atoms with Crippen LogP contribution < -0.4 is 0 Å². The summed E-state index contributed by atoms with van der Waals surface area (Å²) in [5.41, 5.74) is 1.36. The number of nitrogens with zero attached hydrogens (tertiary/aromatic N) is 2. The van der Waals surface area contributed by atoms with Gasteiger partial charge in [0.05, 0.1) is 11.4 Å². The van der Waals surface area contributed by atoms with E-state index in [1.54, 1.807) is 4.68 Å². The lowest BCUT2D eigenvalue weighted by molar-refractivity contribution is -0.125. The fraction of sp³-hybridized carbons (Fsp3) is 0.471. The maximum absolute atomic E-state index is 12.9. The van der Waals surface area contributed by atoms with Crippen LogP contribution in [0.15, 0.2) is 24.3 Å². The van der Waals surface area contributed by atoms with E-state index in [0.717, 1.165) is 17.3 Å². The van der Waals surface area contributed by atoms with Crippen LogP contribution in [0.25, 0.3) is 10.9 Å². The lowest BCUT2D eigenvalue weighted by Gasteiger charge is -2.29. The van der Waals surface area contributed by atoms with E-state index >= 15 is 0 Å². The predicted molar refractivity (Wildman–Crippen MR) is 81.1 cm³/mol. The van der Waals surface area contributed by atoms with Crippen molar-refractivity contribution in [1.82, 2.24) is 9.78 Å². The molecule has 0 bridgehead atoms. The summed E-state index contributed by atoms with van der Waals surface area (Å²) in [6, 6.07) is 7.66. The van der Waals surface area contributed by atoms with E-state index in [1.807, 2.05) is 38.2 Å². The van der Waals surface area contributed by atoms with Crippen LogP contribution in [0, 0.1) is 17.8 Å². The smallest absolute Gasteiger partial charge is 0.194 e. The molecule has 0 N–H and O–H groups in total. The van der Waals surface area contributed by atoms with Crippen molar-refractivity contribution in [3.63, 3.8) is 0 Å². The van der Waals surface area contributed by atoms with Gasteiger partial charge in [-0.2, -0.15) is 5.10 Å². The van der Waals surface area contributed by atoms with Gasteiger partial charge in [0.15, 0.2) is 5.78 Å². The molecule has 0 saturated heterocycles. The number of aromatic nitrogens is 2. The van der Waals surface area contributed by atoms with Crippen LogP contribution in [-0.2, 0) is 11.8 Å². The first-order valence-corrected chi connectivity index (χ1v) is 7.47. The Labute approximate surface area is 124 Å². The quantitative estimate of drug-likeness (QED) is 0.629. The SMILES string of the molecule is CC1CC(=O)C(C(=O)c2nn(C)c3ccccc23)C(C)C1. The maximum atomic E-state index is 12.9. The summed E-state index contributed by atoms with van der Waals surface area (Å²) >= 11 is 0. The Balaban J connectivity index is 2.03. The molecular weight excluding hydrogens is 264 g/mol. The van der Waals surface area contributed by atoms with Crippen LogP contribution in [0.5, 0.6) is 0 Å². The second-order valence-corrected chi connectivity index (χ2v) is 6.32. The first-order chi connectivity index (χ1) is 9.99. The van der Waals surface area contributed by atoms with Crippen molar-refractivity contribution in [3.05, 3.63) is 30.0 Å². The summed E-state index contributed by atoms with van der Waals surface area (Å²) in [6.45, 7) is 4.08. The molecule has 1 heterocycles. The molecule has 0 amide bonds. The van der Waals surface area contributed by atoms with E-state index in [1.165, 1.54) is 0 Å². The number of aryl methyl sites for hydroxylation is 1. The third-order valence-electron chi connectivity index (χ3n) is 4.51. The van der Waals surface area contributed by atoms with Crippen LogP contribution in [-0.4, -0.2) is 21.3 Å². The van der Waals surface area contributed by atoms with Gasteiger partial charge in [-0.15, -0.1) is 0 Å². The molecule has 4 heteroatoms. The van der Waals surface area contributed by atoms with Gasteiger partial charge in [-0.05, 0) is 24.3 Å². The second kappa shape index (κ2) is 5.10. The molecule has 4 nitrogen and oxygen atoms in total. The first kappa shape index (κ1) is 14.0. The van der Waals surface area contributed by atoms with Gasteiger partial charge in [0.2, 0.25) is 0 Å². The highest BCUT2D eigenvalue weighted by molar-refractivity contribution is 6.15. The molecule has 1 saturated carbocycles. The average molecular weight is 284 g/mol. The topological polar surface area (TPSA) is 52.0 Å². The summed E-state index contributed by atoms with van der Waals surface area (Å²) in [6.07, 6.45) is 1.43. The Bertz CT molecular complexity index is 717. The zero-order valence-corrected chi connectivity index (χ0v) is 12.7. The molecule has 0 spiro atoms. The minimum atomic E-state index is -0.528. The van der Waals surface area contributed by atoms with Gasteiger partial charge in [0.1, 0.15) is 11.5 Å². The molecular formula is C17H20N2O2. The van der Waals surface area contributed by atoms with E-state index in [0.29, 0.717) is 18.0 Å². The number of carbonyl (C=O) groups is 2. The number of ketones is 2. The van der Waals surface area contributed by atoms with E-state index in [2.05, 4.69) is 12.0 Å². The Morgan fingerprint density at radius 2 is 2.00 bits per heavy atom. The van der Waals surface area contributed by atoms with Crippen LogP contribution >= 0.6 is 0 Å². The molecule has 3 atom stereocenters. The van der Waals surface area contributed by atoms with E-state index < -0.39 is 5.92 Å². The number of para-hydroxylation sites is 1. The number of benzene rings is 1. The third kappa shape index (κ3) is 2.28. The van der Waals surface area contributed by atoms with Gasteiger partial charge in [0, 0.05) is 18.9 Å². The summed E-state index contributed by atoms with van der Waals surface area (Å²) in [5, 5.41) is 5.20. The minimum absolute atomic E-state index is 0.0704. The molecule has 1 fully saturated rings. The highest BCUT2D eigenvalue weighted by Crippen LogP contribution is 2.34. The lowest BCUT2D eigenvalue weighted by atomic mass is 9.72. The number of Topliss-reactive ketones (excluding diaryl/α,β-unsaturated/α-hetero) is 2. The Morgan fingerprint density at radius 3 is 2.71 bits per heavy atom. The number of hydrogen-bond donors (Lipinski definition) is 0. The average Bonchev–Trinajstić information content (AvgIpc) is 2.75. The third-order valence-corrected chi connectivity index (χ3v) is 4.51. The molecule has 21 heavy (non-hydrogen) atoms. The standard InChI is InChI=1S/C17H20N2O2/c1-10-8-11(2)15(14(20)9-10)17(21)16-12-6-4-5-7-13(12)19(3)18-16/h4-7,10-11,15H,8-9H2,1-3H3. The fourth-order valence-corrected chi connectivity index (χ4v) is 3.59. The minimum Gasteiger partial charge on any atom is -0.299 e. The van der Waals surface area contributed by atoms with Gasteiger partial charge in [-0.25, -0.2) is 0 Å². The van der Waals surface area contributed by atoms with Crippen molar-refractivity contribution in [2.24, 2.45) is 24.8 Å². The lowest BCUT2D eigenvalue weighted by Crippen LogP contribution is -2.36. The van der Waals surface area contributed by atoms with E-state index in [4.69, 9.17) is 0 Å². The maximum Gasteiger partial charge on any atom is 0.194 e. The molecule has 1 aliphatic carbocycles. The molecule has 0 radical (unpaired) electrons. The highest BCUT2D eigenvalue weighted by Gasteiger charge is 2.39. The van der Waals surface area contributed by atoms with Crippen LogP contribution in [0.3, 0.4) is 0 Å². The summed E-state index contributed by atoms with van der Waals surface area (Å²) < 4.78 is 1.71. The fourth-order valence-electron chi connectivity index (χ4n) is 3.59. The Hall–Kier alpha value is -1.97. The molecule has 3 rings (SSSR count). The Kier molecular flexibility index (Phi) is 3.40. The highest BCUT2D eigenvalue weighted by atomic mass is 16.2. The van der Waals surface area contributed by atoms with Gasteiger partial charge in [0.25, 0.3) is 0 Å². The van der Waals surface area contributed by atoms with Gasteiger partial charge < -0.3 is 0 Å². The largest absolute Gasteiger partial charge is 0.299 e. The molecule has 3 unspecified atom stereocenters. The number of rotatable bonds is 2. The normalized spacial score (nSPS) is 26.2. The summed E-state index contributed by atoms with van der Waals surface area (Å²) in [5.74, 6) is -0.108. The van der Waals surface area contributed by atoms with Crippen LogP contribution in [0.1, 0.15) is 37.2 Å². The zero-order valence-electron chi connectivity index (χ0n) is 12.7. The molecule has 2 aromatic rings. The van der Waals surface area contributed by atoms with Crippen LogP contribution in [0.4, 0.5) is 0 Å². The van der Waals surface area contributed by atoms with Crippen molar-refractivity contribution >= 4 is 22.5 Å². The van der Waals surface area contributed by atoms with E-state index in [-0.39, 0.29) is 17.5 Å².